The Balaban J connectivity index is 1.80. The number of hydrogen-bond acceptors (Lipinski definition) is 1. The summed E-state index contributed by atoms with van der Waals surface area (Å²) in [6.07, 6.45) is 0. The van der Waals surface area contributed by atoms with Crippen molar-refractivity contribution in [2.24, 2.45) is 0 Å². The average Bonchev–Trinajstić information content (AvgIpc) is 2.85. The summed E-state index contributed by atoms with van der Waals surface area (Å²) in [6, 6.07) is 34.1. The first-order valence-corrected chi connectivity index (χ1v) is 11.6. The Morgan fingerprint density at radius 1 is 0.735 bits per heavy atom. The summed E-state index contributed by atoms with van der Waals surface area (Å²) >= 11 is 0. The normalized spacial score (nSPS) is 11.4. The molecule has 0 radical (unpaired) electrons. The van der Waals surface area contributed by atoms with Gasteiger partial charge in [-0.05, 0) is 51.9 Å². The quantitative estimate of drug-likeness (QED) is 0.296. The van der Waals surface area contributed by atoms with Crippen LogP contribution in [0.5, 0.6) is 0 Å². The molecule has 0 aromatic heterocycles. The lowest BCUT2D eigenvalue weighted by Crippen LogP contribution is -2.35. The van der Waals surface area contributed by atoms with Crippen molar-refractivity contribution in [3.8, 4) is 0 Å². The van der Waals surface area contributed by atoms with Gasteiger partial charge in [0.25, 0.3) is 5.91 Å². The van der Waals surface area contributed by atoms with Gasteiger partial charge in [-0.25, -0.2) is 4.39 Å². The van der Waals surface area contributed by atoms with Gasteiger partial charge < -0.3 is 4.90 Å². The highest BCUT2D eigenvalue weighted by Crippen LogP contribution is 2.32. The molecule has 1 amide bonds. The third kappa shape index (κ3) is 5.43. The van der Waals surface area contributed by atoms with Gasteiger partial charge in [0, 0.05) is 12.1 Å². The van der Waals surface area contributed by atoms with Crippen molar-refractivity contribution in [2.45, 2.75) is 38.8 Å². The maximum Gasteiger partial charge on any atom is 0.254 e. The fourth-order valence-electron chi connectivity index (χ4n) is 4.17. The van der Waals surface area contributed by atoms with E-state index in [9.17, 15) is 9.18 Å². The van der Waals surface area contributed by atoms with Gasteiger partial charge >= 0.3 is 0 Å². The number of benzene rings is 4. The largest absolute Gasteiger partial charge is 0.323 e. The minimum atomic E-state index is -0.290. The Kier molecular flexibility index (Phi) is 6.93. The van der Waals surface area contributed by atoms with Crippen molar-refractivity contribution < 1.29 is 9.18 Å². The van der Waals surface area contributed by atoms with E-state index in [2.05, 4.69) is 20.8 Å². The molecule has 0 aliphatic rings. The van der Waals surface area contributed by atoms with Crippen LogP contribution in [0.1, 0.15) is 59.4 Å². The second-order valence-electron chi connectivity index (χ2n) is 9.61. The highest BCUT2D eigenvalue weighted by atomic mass is 19.1. The lowest BCUT2D eigenvalue weighted by atomic mass is 9.86. The van der Waals surface area contributed by atoms with Gasteiger partial charge in [0.05, 0.1) is 6.04 Å². The van der Waals surface area contributed by atoms with Gasteiger partial charge in [-0.3, -0.25) is 4.79 Å². The molecule has 0 aliphatic carbocycles. The van der Waals surface area contributed by atoms with E-state index in [1.54, 1.807) is 12.1 Å². The van der Waals surface area contributed by atoms with E-state index in [1.807, 2.05) is 89.8 Å². The molecule has 4 aromatic rings. The van der Waals surface area contributed by atoms with Gasteiger partial charge in [0.1, 0.15) is 5.82 Å². The van der Waals surface area contributed by atoms with Crippen molar-refractivity contribution in [3.63, 3.8) is 0 Å². The first kappa shape index (κ1) is 23.4. The highest BCUT2D eigenvalue weighted by molar-refractivity contribution is 5.94. The van der Waals surface area contributed by atoms with Crippen molar-refractivity contribution in [3.05, 3.63) is 143 Å². The Hall–Kier alpha value is -3.72. The molecule has 0 saturated heterocycles. The van der Waals surface area contributed by atoms with Gasteiger partial charge in [0.15, 0.2) is 0 Å². The van der Waals surface area contributed by atoms with Gasteiger partial charge in [-0.15, -0.1) is 0 Å². The second-order valence-corrected chi connectivity index (χ2v) is 9.61. The molecule has 0 bridgehead atoms. The Morgan fingerprint density at radius 2 is 1.24 bits per heavy atom. The van der Waals surface area contributed by atoms with Crippen LogP contribution in [0.25, 0.3) is 0 Å². The van der Waals surface area contributed by atoms with Crippen LogP contribution in [0.15, 0.2) is 109 Å². The number of amides is 1. The molecule has 0 N–H and O–H groups in total. The summed E-state index contributed by atoms with van der Waals surface area (Å²) in [7, 11) is 0. The molecule has 3 heteroatoms. The molecule has 0 spiro atoms. The molecule has 4 rings (SSSR count). The standard InChI is InChI=1S/C31H30FNO/c1-31(2,3)27-18-16-26(17-19-27)30(34)33(22-23-14-20-28(32)21-15-23)29(24-10-6-4-7-11-24)25-12-8-5-9-13-25/h4-21,29H,22H2,1-3H3. The Bertz CT molecular complexity index is 1170. The van der Waals surface area contributed by atoms with Crippen LogP contribution in [0.4, 0.5) is 4.39 Å². The molecule has 34 heavy (non-hydrogen) atoms. The number of carbonyl (C=O) groups is 1. The summed E-state index contributed by atoms with van der Waals surface area (Å²) in [4.78, 5) is 15.9. The van der Waals surface area contributed by atoms with Crippen molar-refractivity contribution in [1.82, 2.24) is 4.90 Å². The topological polar surface area (TPSA) is 20.3 Å². The summed E-state index contributed by atoms with van der Waals surface area (Å²) < 4.78 is 13.6. The number of carbonyl (C=O) groups excluding carboxylic acids is 1. The van der Waals surface area contributed by atoms with E-state index >= 15 is 0 Å². The summed E-state index contributed by atoms with van der Waals surface area (Å²) in [5.74, 6) is -0.357. The minimum Gasteiger partial charge on any atom is -0.323 e. The van der Waals surface area contributed by atoms with E-state index in [4.69, 9.17) is 0 Å². The molecule has 0 saturated carbocycles. The third-order valence-corrected chi connectivity index (χ3v) is 6.07. The number of halogens is 1. The average molecular weight is 452 g/mol. The summed E-state index contributed by atoms with van der Waals surface area (Å²) in [5, 5.41) is 0. The van der Waals surface area contributed by atoms with Gasteiger partial charge in [0.2, 0.25) is 0 Å². The predicted octanol–water partition coefficient (Wildman–Crippen LogP) is 7.56. The van der Waals surface area contributed by atoms with Crippen molar-refractivity contribution in [2.75, 3.05) is 0 Å². The second kappa shape index (κ2) is 10.0. The molecule has 172 valence electrons. The molecule has 0 atom stereocenters. The highest BCUT2D eigenvalue weighted by Gasteiger charge is 2.28. The van der Waals surface area contributed by atoms with Crippen LogP contribution in [-0.2, 0) is 12.0 Å². The van der Waals surface area contributed by atoms with Crippen LogP contribution in [-0.4, -0.2) is 10.8 Å². The number of nitrogens with zero attached hydrogens (tertiary/aromatic N) is 1. The van der Waals surface area contributed by atoms with Crippen molar-refractivity contribution in [1.29, 1.82) is 0 Å². The minimum absolute atomic E-state index is 0.00594. The molecule has 0 heterocycles. The number of rotatable bonds is 6. The lowest BCUT2D eigenvalue weighted by Gasteiger charge is -2.33. The van der Waals surface area contributed by atoms with E-state index in [1.165, 1.54) is 17.7 Å². The Labute approximate surface area is 201 Å². The van der Waals surface area contributed by atoms with Gasteiger partial charge in [-0.2, -0.15) is 0 Å². The van der Waals surface area contributed by atoms with E-state index in [0.717, 1.165) is 16.7 Å². The molecule has 2 nitrogen and oxygen atoms in total. The summed E-state index contributed by atoms with van der Waals surface area (Å²) in [6.45, 7) is 6.83. The maximum absolute atomic E-state index is 14.0. The molecule has 0 fully saturated rings. The maximum atomic E-state index is 14.0. The first-order chi connectivity index (χ1) is 16.3. The van der Waals surface area contributed by atoms with E-state index in [0.29, 0.717) is 12.1 Å². The van der Waals surface area contributed by atoms with Crippen LogP contribution in [0.3, 0.4) is 0 Å². The van der Waals surface area contributed by atoms with Crippen LogP contribution >= 0.6 is 0 Å². The zero-order chi connectivity index (χ0) is 24.1. The predicted molar refractivity (Wildman–Crippen MR) is 136 cm³/mol. The fourth-order valence-corrected chi connectivity index (χ4v) is 4.17. The summed E-state index contributed by atoms with van der Waals surface area (Å²) in [5.41, 5.74) is 4.74. The van der Waals surface area contributed by atoms with Crippen molar-refractivity contribution >= 4 is 5.91 Å². The monoisotopic (exact) mass is 451 g/mol. The lowest BCUT2D eigenvalue weighted by molar-refractivity contribution is 0.0690. The fraction of sp³-hybridized carbons (Fsp3) is 0.194. The smallest absolute Gasteiger partial charge is 0.254 e. The molecule has 0 unspecified atom stereocenters. The molecule has 0 aliphatic heterocycles. The van der Waals surface area contributed by atoms with Gasteiger partial charge in [-0.1, -0.05) is 106 Å². The zero-order valence-corrected chi connectivity index (χ0v) is 19.9. The molecular formula is C31H30FNO. The first-order valence-electron chi connectivity index (χ1n) is 11.6. The van der Waals surface area contributed by atoms with Crippen LogP contribution in [0, 0.1) is 5.82 Å². The van der Waals surface area contributed by atoms with Crippen LogP contribution < -0.4 is 0 Å². The van der Waals surface area contributed by atoms with E-state index in [-0.39, 0.29) is 23.2 Å². The van der Waals surface area contributed by atoms with E-state index < -0.39 is 0 Å². The Morgan fingerprint density at radius 3 is 1.71 bits per heavy atom. The SMILES string of the molecule is CC(C)(C)c1ccc(C(=O)N(Cc2ccc(F)cc2)C(c2ccccc2)c2ccccc2)cc1. The zero-order valence-electron chi connectivity index (χ0n) is 19.9. The molecule has 4 aromatic carbocycles. The molecular weight excluding hydrogens is 421 g/mol. The van der Waals surface area contributed by atoms with Crippen LogP contribution in [0.2, 0.25) is 0 Å². The third-order valence-electron chi connectivity index (χ3n) is 6.07. The number of hydrogen-bond donors (Lipinski definition) is 0.